The number of aromatic nitrogens is 3. The number of halogens is 1. The molecule has 0 radical (unpaired) electrons. The van der Waals surface area contributed by atoms with Crippen LogP contribution in [0.25, 0.3) is 11.6 Å². The van der Waals surface area contributed by atoms with Gasteiger partial charge in [0.05, 0.1) is 18.1 Å². The van der Waals surface area contributed by atoms with Gasteiger partial charge in [0, 0.05) is 11.0 Å². The van der Waals surface area contributed by atoms with Gasteiger partial charge in [-0.15, -0.1) is 10.2 Å². The second-order valence-corrected chi connectivity index (χ2v) is 8.78. The van der Waals surface area contributed by atoms with Crippen LogP contribution >= 0.6 is 27.7 Å². The monoisotopic (exact) mass is 462 g/mol. The minimum absolute atomic E-state index is 0.0425. The average Bonchev–Trinajstić information content (AvgIpc) is 3.30. The van der Waals surface area contributed by atoms with Crippen molar-refractivity contribution < 1.29 is 9.21 Å². The summed E-state index contributed by atoms with van der Waals surface area (Å²) in [4.78, 5) is 12.4. The third-order valence-corrected chi connectivity index (χ3v) is 5.58. The molecule has 8 heteroatoms. The zero-order valence-corrected chi connectivity index (χ0v) is 18.5. The summed E-state index contributed by atoms with van der Waals surface area (Å²) in [6, 6.07) is 11.6. The van der Waals surface area contributed by atoms with Gasteiger partial charge in [-0.1, -0.05) is 53.7 Å². The maximum atomic E-state index is 12.4. The fourth-order valence-electron chi connectivity index (χ4n) is 2.76. The molecule has 1 N–H and O–H groups in total. The molecule has 2 heterocycles. The van der Waals surface area contributed by atoms with E-state index in [0.717, 1.165) is 16.6 Å². The van der Waals surface area contributed by atoms with Crippen LogP contribution in [0, 0.1) is 5.92 Å². The van der Waals surface area contributed by atoms with Crippen LogP contribution in [0.3, 0.4) is 0 Å². The van der Waals surface area contributed by atoms with Crippen molar-refractivity contribution in [3.63, 3.8) is 0 Å². The number of carbonyl (C=O) groups is 1. The zero-order valence-electron chi connectivity index (χ0n) is 16.1. The van der Waals surface area contributed by atoms with Crippen molar-refractivity contribution in [2.45, 2.75) is 38.5 Å². The first-order valence-corrected chi connectivity index (χ1v) is 10.9. The molecule has 0 aliphatic heterocycles. The Bertz CT molecular complexity index is 907. The summed E-state index contributed by atoms with van der Waals surface area (Å²) in [5.41, 5.74) is 1.06. The maximum Gasteiger partial charge on any atom is 0.230 e. The number of rotatable bonds is 8. The van der Waals surface area contributed by atoms with Gasteiger partial charge in [0.15, 0.2) is 16.7 Å². The number of nitrogens with one attached hydrogen (secondary N) is 1. The van der Waals surface area contributed by atoms with Gasteiger partial charge < -0.3 is 9.73 Å². The van der Waals surface area contributed by atoms with Crippen molar-refractivity contribution >= 4 is 33.6 Å². The number of amides is 1. The highest BCUT2D eigenvalue weighted by Crippen LogP contribution is 2.25. The zero-order chi connectivity index (χ0) is 20.1. The minimum Gasteiger partial charge on any atom is -0.461 e. The maximum absolute atomic E-state index is 12.4. The number of nitrogens with zero attached hydrogens (tertiary/aromatic N) is 3. The summed E-state index contributed by atoms with van der Waals surface area (Å²) < 4.78 is 8.50. The van der Waals surface area contributed by atoms with Crippen LogP contribution in [0.2, 0.25) is 0 Å². The molecule has 0 fully saturated rings. The van der Waals surface area contributed by atoms with Gasteiger partial charge in [-0.3, -0.25) is 9.36 Å². The topological polar surface area (TPSA) is 73.0 Å². The molecule has 3 aromatic rings. The third kappa shape index (κ3) is 5.26. The molecular weight excluding hydrogens is 440 g/mol. The summed E-state index contributed by atoms with van der Waals surface area (Å²) in [6.45, 7) is 6.99. The van der Waals surface area contributed by atoms with E-state index >= 15 is 0 Å². The molecule has 1 unspecified atom stereocenters. The molecule has 1 aromatic carbocycles. The number of benzene rings is 1. The second-order valence-electron chi connectivity index (χ2n) is 6.92. The molecular formula is C20H23BrN4O2S. The lowest BCUT2D eigenvalue weighted by Gasteiger charge is -2.15. The van der Waals surface area contributed by atoms with Crippen molar-refractivity contribution in [1.82, 2.24) is 20.1 Å². The lowest BCUT2D eigenvalue weighted by molar-refractivity contribution is -0.119. The third-order valence-electron chi connectivity index (χ3n) is 4.09. The Morgan fingerprint density at radius 2 is 1.96 bits per heavy atom. The van der Waals surface area contributed by atoms with Crippen LogP contribution < -0.4 is 5.32 Å². The van der Waals surface area contributed by atoms with Gasteiger partial charge in [-0.05, 0) is 42.7 Å². The van der Waals surface area contributed by atoms with Crippen molar-refractivity contribution in [2.24, 2.45) is 5.92 Å². The molecule has 0 saturated carbocycles. The van der Waals surface area contributed by atoms with Crippen LogP contribution in [-0.2, 0) is 11.3 Å². The summed E-state index contributed by atoms with van der Waals surface area (Å²) in [7, 11) is 0. The Morgan fingerprint density at radius 3 is 2.61 bits per heavy atom. The van der Waals surface area contributed by atoms with Crippen LogP contribution in [-0.4, -0.2) is 26.4 Å². The van der Waals surface area contributed by atoms with E-state index in [-0.39, 0.29) is 17.7 Å². The molecule has 0 saturated heterocycles. The molecule has 1 amide bonds. The van der Waals surface area contributed by atoms with E-state index in [4.69, 9.17) is 4.42 Å². The standard InChI is InChI=1S/C20H23BrN4O2S/c1-13(2)11-25-19(17-5-4-10-27-17)23-24-20(25)28-12-18(26)22-14(3)15-6-8-16(21)9-7-15/h4-10,13-14H,11-12H2,1-3H3,(H,22,26). The Kier molecular flexibility index (Phi) is 6.96. The highest BCUT2D eigenvalue weighted by atomic mass is 79.9. The fraction of sp³-hybridized carbons (Fsp3) is 0.350. The predicted octanol–water partition coefficient (Wildman–Crippen LogP) is 4.93. The summed E-state index contributed by atoms with van der Waals surface area (Å²) >= 11 is 4.81. The highest BCUT2D eigenvalue weighted by molar-refractivity contribution is 9.10. The number of thioether (sulfide) groups is 1. The van der Waals surface area contributed by atoms with Gasteiger partial charge in [0.2, 0.25) is 5.91 Å². The Balaban J connectivity index is 1.65. The lowest BCUT2D eigenvalue weighted by Crippen LogP contribution is -2.28. The predicted molar refractivity (Wildman–Crippen MR) is 114 cm³/mol. The molecule has 3 rings (SSSR count). The average molecular weight is 463 g/mol. The van der Waals surface area contributed by atoms with Crippen LogP contribution in [0.15, 0.2) is 56.7 Å². The molecule has 0 aliphatic carbocycles. The quantitative estimate of drug-likeness (QED) is 0.480. The van der Waals surface area contributed by atoms with E-state index < -0.39 is 0 Å². The Labute approximate surface area is 177 Å². The number of hydrogen-bond donors (Lipinski definition) is 1. The normalized spacial score (nSPS) is 12.3. The van der Waals surface area contributed by atoms with Gasteiger partial charge >= 0.3 is 0 Å². The molecule has 28 heavy (non-hydrogen) atoms. The molecule has 0 spiro atoms. The molecule has 6 nitrogen and oxygen atoms in total. The Morgan fingerprint density at radius 1 is 1.21 bits per heavy atom. The first kappa shape index (κ1) is 20.7. The van der Waals surface area contributed by atoms with Crippen molar-refractivity contribution in [3.8, 4) is 11.6 Å². The minimum atomic E-state index is -0.0617. The van der Waals surface area contributed by atoms with Crippen molar-refractivity contribution in [3.05, 3.63) is 52.7 Å². The van der Waals surface area contributed by atoms with Crippen LogP contribution in [0.5, 0.6) is 0 Å². The van der Waals surface area contributed by atoms with Crippen LogP contribution in [0.1, 0.15) is 32.4 Å². The largest absolute Gasteiger partial charge is 0.461 e. The number of furan rings is 1. The second kappa shape index (κ2) is 9.43. The van der Waals surface area contributed by atoms with Gasteiger partial charge in [0.1, 0.15) is 0 Å². The van der Waals surface area contributed by atoms with Gasteiger partial charge in [0.25, 0.3) is 0 Å². The molecule has 0 aliphatic rings. The summed E-state index contributed by atoms with van der Waals surface area (Å²) in [5, 5.41) is 12.3. The summed E-state index contributed by atoms with van der Waals surface area (Å²) in [5.74, 6) is 2.00. The molecule has 148 valence electrons. The summed E-state index contributed by atoms with van der Waals surface area (Å²) in [6.07, 6.45) is 1.62. The van der Waals surface area contributed by atoms with Gasteiger partial charge in [-0.25, -0.2) is 0 Å². The first-order chi connectivity index (χ1) is 13.4. The number of hydrogen-bond acceptors (Lipinski definition) is 5. The fourth-order valence-corrected chi connectivity index (χ4v) is 3.78. The number of carbonyl (C=O) groups excluding carboxylic acids is 1. The van der Waals surface area contributed by atoms with Crippen molar-refractivity contribution in [1.29, 1.82) is 0 Å². The first-order valence-electron chi connectivity index (χ1n) is 9.08. The van der Waals surface area contributed by atoms with E-state index in [1.54, 1.807) is 6.26 Å². The highest BCUT2D eigenvalue weighted by Gasteiger charge is 2.18. The smallest absolute Gasteiger partial charge is 0.230 e. The van der Waals surface area contributed by atoms with Crippen LogP contribution in [0.4, 0.5) is 0 Å². The van der Waals surface area contributed by atoms with Gasteiger partial charge in [-0.2, -0.15) is 0 Å². The van der Waals surface area contributed by atoms with E-state index in [9.17, 15) is 4.79 Å². The SMILES string of the molecule is CC(C)Cn1c(SCC(=O)NC(C)c2ccc(Br)cc2)nnc1-c1ccco1. The van der Waals surface area contributed by atoms with Crippen molar-refractivity contribution in [2.75, 3.05) is 5.75 Å². The molecule has 2 aromatic heterocycles. The molecule has 0 bridgehead atoms. The van der Waals surface area contributed by atoms with E-state index in [2.05, 4.69) is 45.3 Å². The lowest BCUT2D eigenvalue weighted by atomic mass is 10.1. The van der Waals surface area contributed by atoms with E-state index in [0.29, 0.717) is 22.7 Å². The Hall–Kier alpha value is -2.06. The van der Waals surface area contributed by atoms with E-state index in [1.807, 2.05) is 47.9 Å². The van der Waals surface area contributed by atoms with E-state index in [1.165, 1.54) is 11.8 Å². The molecule has 1 atom stereocenters.